The van der Waals surface area contributed by atoms with Gasteiger partial charge in [-0.25, -0.2) is 0 Å². The summed E-state index contributed by atoms with van der Waals surface area (Å²) in [5, 5.41) is 0.244. The number of thiol groups is 1. The van der Waals surface area contributed by atoms with Crippen LogP contribution < -0.4 is 5.73 Å². The number of hydrogen-bond donors (Lipinski definition) is 2. The van der Waals surface area contributed by atoms with Crippen molar-refractivity contribution in [2.24, 2.45) is 5.73 Å². The van der Waals surface area contributed by atoms with Crippen LogP contribution in [0.15, 0.2) is 35.1 Å². The van der Waals surface area contributed by atoms with E-state index < -0.39 is 0 Å². The summed E-state index contributed by atoms with van der Waals surface area (Å²) in [5.74, 6) is 0. The predicted octanol–water partition coefficient (Wildman–Crippen LogP) is 3.84. The van der Waals surface area contributed by atoms with E-state index in [-0.39, 0.29) is 5.25 Å². The predicted molar refractivity (Wildman–Crippen MR) is 73.1 cm³/mol. The van der Waals surface area contributed by atoms with Crippen molar-refractivity contribution in [1.82, 2.24) is 0 Å². The van der Waals surface area contributed by atoms with Crippen LogP contribution in [-0.4, -0.2) is 5.25 Å². The Morgan fingerprint density at radius 1 is 1.47 bits per heavy atom. The van der Waals surface area contributed by atoms with E-state index in [9.17, 15) is 0 Å². The van der Waals surface area contributed by atoms with Crippen LogP contribution in [0.3, 0.4) is 0 Å². The largest absolute Gasteiger partial charge is 0.399 e. The quantitative estimate of drug-likeness (QED) is 0.539. The van der Waals surface area contributed by atoms with Crippen LogP contribution in [-0.2, 0) is 0 Å². The van der Waals surface area contributed by atoms with Gasteiger partial charge in [-0.1, -0.05) is 31.6 Å². The monoisotopic (exact) mass is 225 g/mol. The molecule has 1 nitrogen and oxygen atoms in total. The van der Waals surface area contributed by atoms with Gasteiger partial charge in [0.1, 0.15) is 0 Å². The van der Waals surface area contributed by atoms with E-state index in [1.54, 1.807) is 0 Å². The summed E-state index contributed by atoms with van der Waals surface area (Å²) in [6.45, 7) is 12.2. The van der Waals surface area contributed by atoms with Gasteiger partial charge in [0.2, 0.25) is 0 Å². The van der Waals surface area contributed by atoms with Crippen LogP contribution in [0.2, 0.25) is 0 Å². The van der Waals surface area contributed by atoms with E-state index in [0.717, 1.165) is 18.4 Å². The van der Waals surface area contributed by atoms with Crippen molar-refractivity contribution in [2.75, 3.05) is 0 Å². The molecule has 0 heterocycles. The molecule has 0 amide bonds. The van der Waals surface area contributed by atoms with Gasteiger partial charge < -0.3 is 5.73 Å². The van der Waals surface area contributed by atoms with Crippen molar-refractivity contribution in [3.63, 3.8) is 0 Å². The summed E-state index contributed by atoms with van der Waals surface area (Å²) >= 11 is 4.35. The first-order chi connectivity index (χ1) is 6.90. The van der Waals surface area contributed by atoms with Crippen LogP contribution in [0, 0.1) is 0 Å². The molecule has 0 aliphatic rings. The van der Waals surface area contributed by atoms with Gasteiger partial charge in [0.05, 0.1) is 0 Å². The Balaban J connectivity index is 5.15. The van der Waals surface area contributed by atoms with Crippen molar-refractivity contribution in [3.05, 3.63) is 35.1 Å². The van der Waals surface area contributed by atoms with Gasteiger partial charge in [-0.2, -0.15) is 12.6 Å². The third-order valence-electron chi connectivity index (χ3n) is 2.26. The first kappa shape index (κ1) is 14.4. The standard InChI is InChI=1S/C13H23NS/c1-6-7-9(2)13(12(5)14)10(3)8-11(4)15/h8,11,15H,5-7,14H2,1-4H3/b10-8-,13-9-. The van der Waals surface area contributed by atoms with E-state index in [1.165, 1.54) is 11.1 Å². The Labute approximate surface area is 99.5 Å². The molecule has 2 N–H and O–H groups in total. The van der Waals surface area contributed by atoms with Gasteiger partial charge in [0, 0.05) is 10.9 Å². The molecule has 0 spiro atoms. The molecule has 1 atom stereocenters. The Kier molecular flexibility index (Phi) is 6.50. The zero-order valence-electron chi connectivity index (χ0n) is 10.3. The molecule has 0 saturated carbocycles. The molecule has 0 bridgehead atoms. The summed E-state index contributed by atoms with van der Waals surface area (Å²) in [6, 6.07) is 0. The van der Waals surface area contributed by atoms with Gasteiger partial charge in [-0.05, 0) is 38.3 Å². The van der Waals surface area contributed by atoms with Crippen molar-refractivity contribution >= 4 is 12.6 Å². The molecule has 0 saturated heterocycles. The molecule has 0 fully saturated rings. The first-order valence-corrected chi connectivity index (χ1v) is 5.93. The van der Waals surface area contributed by atoms with Gasteiger partial charge in [-0.3, -0.25) is 0 Å². The second-order valence-electron chi connectivity index (χ2n) is 4.02. The van der Waals surface area contributed by atoms with Crippen LogP contribution in [0.25, 0.3) is 0 Å². The smallest absolute Gasteiger partial charge is 0.0316 e. The number of rotatable bonds is 5. The van der Waals surface area contributed by atoms with Crippen LogP contribution >= 0.6 is 12.6 Å². The molecule has 1 unspecified atom stereocenters. The van der Waals surface area contributed by atoms with Crippen molar-refractivity contribution in [2.45, 2.75) is 45.8 Å². The normalized spacial score (nSPS) is 15.9. The van der Waals surface area contributed by atoms with Crippen LogP contribution in [0.4, 0.5) is 0 Å². The molecule has 0 aromatic carbocycles. The first-order valence-electron chi connectivity index (χ1n) is 5.41. The second-order valence-corrected chi connectivity index (χ2v) is 4.84. The van der Waals surface area contributed by atoms with Crippen molar-refractivity contribution in [1.29, 1.82) is 0 Å². The Hall–Kier alpha value is -0.630. The zero-order chi connectivity index (χ0) is 12.0. The Morgan fingerprint density at radius 3 is 2.33 bits per heavy atom. The SMILES string of the molecule is C=C(N)C(/C(C)=C\C(C)S)=C(/C)CCC. The fourth-order valence-electron chi connectivity index (χ4n) is 1.81. The minimum absolute atomic E-state index is 0.244. The van der Waals surface area contributed by atoms with Crippen LogP contribution in [0.5, 0.6) is 0 Å². The lowest BCUT2D eigenvalue weighted by atomic mass is 9.96. The average molecular weight is 225 g/mol. The third kappa shape index (κ3) is 5.12. The maximum Gasteiger partial charge on any atom is 0.0316 e. The van der Waals surface area contributed by atoms with E-state index >= 15 is 0 Å². The lowest BCUT2D eigenvalue weighted by molar-refractivity contribution is 0.892. The van der Waals surface area contributed by atoms with Gasteiger partial charge >= 0.3 is 0 Å². The van der Waals surface area contributed by atoms with Crippen molar-refractivity contribution in [3.8, 4) is 0 Å². The molecule has 2 heteroatoms. The average Bonchev–Trinajstić information content (AvgIpc) is 2.01. The minimum Gasteiger partial charge on any atom is -0.399 e. The summed E-state index contributed by atoms with van der Waals surface area (Å²) in [6.07, 6.45) is 4.31. The number of nitrogens with two attached hydrogens (primary N) is 1. The molecule has 86 valence electrons. The number of hydrogen-bond acceptors (Lipinski definition) is 2. The highest BCUT2D eigenvalue weighted by atomic mass is 32.1. The molecule has 0 aromatic rings. The second kappa shape index (κ2) is 6.78. The molecule has 0 aromatic heterocycles. The maximum absolute atomic E-state index is 5.83. The number of allylic oxidation sites excluding steroid dienone is 2. The molecule has 0 aliphatic carbocycles. The van der Waals surface area contributed by atoms with E-state index in [0.29, 0.717) is 5.70 Å². The zero-order valence-corrected chi connectivity index (χ0v) is 11.2. The molecular formula is C13H23NS. The molecule has 0 aliphatic heterocycles. The summed E-state index contributed by atoms with van der Waals surface area (Å²) in [5.41, 5.74) is 10.1. The van der Waals surface area contributed by atoms with Gasteiger partial charge in [0.15, 0.2) is 0 Å². The highest BCUT2D eigenvalue weighted by Crippen LogP contribution is 2.23. The van der Waals surface area contributed by atoms with Gasteiger partial charge in [-0.15, -0.1) is 0 Å². The van der Waals surface area contributed by atoms with E-state index in [2.05, 4.69) is 46.1 Å². The van der Waals surface area contributed by atoms with Crippen molar-refractivity contribution < 1.29 is 0 Å². The van der Waals surface area contributed by atoms with E-state index in [4.69, 9.17) is 5.73 Å². The summed E-state index contributed by atoms with van der Waals surface area (Å²) in [7, 11) is 0. The Morgan fingerprint density at radius 2 is 2.00 bits per heavy atom. The fraction of sp³-hybridized carbons (Fsp3) is 0.538. The highest BCUT2D eigenvalue weighted by molar-refractivity contribution is 7.81. The summed E-state index contributed by atoms with van der Waals surface area (Å²) < 4.78 is 0. The van der Waals surface area contributed by atoms with Crippen LogP contribution in [0.1, 0.15) is 40.5 Å². The highest BCUT2D eigenvalue weighted by Gasteiger charge is 2.07. The Bertz CT molecular complexity index is 285. The molecule has 0 rings (SSSR count). The lowest BCUT2D eigenvalue weighted by Gasteiger charge is -2.13. The van der Waals surface area contributed by atoms with E-state index in [1.807, 2.05) is 6.92 Å². The molecule has 0 radical (unpaired) electrons. The fourth-order valence-corrected chi connectivity index (χ4v) is 2.03. The lowest BCUT2D eigenvalue weighted by Crippen LogP contribution is -2.04. The van der Waals surface area contributed by atoms with Gasteiger partial charge in [0.25, 0.3) is 0 Å². The molecular weight excluding hydrogens is 202 g/mol. The topological polar surface area (TPSA) is 26.0 Å². The molecule has 15 heavy (non-hydrogen) atoms. The third-order valence-corrected chi connectivity index (χ3v) is 2.41. The minimum atomic E-state index is 0.244. The summed E-state index contributed by atoms with van der Waals surface area (Å²) in [4.78, 5) is 0. The maximum atomic E-state index is 5.83.